The summed E-state index contributed by atoms with van der Waals surface area (Å²) < 4.78 is 0. The molecular formula is C24H40O2. The van der Waals surface area contributed by atoms with Crippen molar-refractivity contribution in [2.45, 2.75) is 97.8 Å². The number of hydrogen-bond acceptors (Lipinski definition) is 1. The summed E-state index contributed by atoms with van der Waals surface area (Å²) in [4.78, 5) is 11.0. The van der Waals surface area contributed by atoms with Gasteiger partial charge < -0.3 is 5.11 Å². The summed E-state index contributed by atoms with van der Waals surface area (Å²) in [6, 6.07) is 0. The maximum Gasteiger partial charge on any atom is 0.303 e. The minimum atomic E-state index is -0.621. The molecule has 0 aliphatic heterocycles. The Hall–Kier alpha value is -0.530. The van der Waals surface area contributed by atoms with Crippen molar-refractivity contribution in [3.63, 3.8) is 0 Å². The van der Waals surface area contributed by atoms with E-state index < -0.39 is 5.97 Å². The van der Waals surface area contributed by atoms with E-state index in [4.69, 9.17) is 5.11 Å². The molecule has 0 amide bonds. The van der Waals surface area contributed by atoms with E-state index in [0.717, 1.165) is 36.0 Å². The summed E-state index contributed by atoms with van der Waals surface area (Å²) in [5.74, 6) is 4.57. The molecule has 2 nitrogen and oxygen atoms in total. The fraction of sp³-hybridized carbons (Fsp3) is 0.958. The highest BCUT2D eigenvalue weighted by atomic mass is 16.4. The summed E-state index contributed by atoms with van der Waals surface area (Å²) in [5, 5.41) is 9.09. The lowest BCUT2D eigenvalue weighted by Crippen LogP contribution is -2.53. The van der Waals surface area contributed by atoms with Crippen LogP contribution in [0.25, 0.3) is 0 Å². The average Bonchev–Trinajstić information content (AvgIpc) is 2.96. The lowest BCUT2D eigenvalue weighted by Gasteiger charge is -2.61. The first-order chi connectivity index (χ1) is 12.4. The standard InChI is InChI=1S/C24H40O2/c1-16(7-12-22(25)26)19-10-11-20-18-9-8-17-6-4-5-14-23(17,2)21(18)13-15-24(19,20)3/h16-21H,4-15H2,1-3H3,(H,25,26)/t16-,17+,18+,19-,20+,21+,23+,24-/m0/s1. The normalized spacial score (nSPS) is 49.0. The van der Waals surface area contributed by atoms with E-state index in [-0.39, 0.29) is 0 Å². The third-order valence-corrected chi connectivity index (χ3v) is 10.2. The van der Waals surface area contributed by atoms with Crippen LogP contribution < -0.4 is 0 Å². The van der Waals surface area contributed by atoms with Gasteiger partial charge in [-0.15, -0.1) is 0 Å². The molecule has 0 heterocycles. The maximum absolute atomic E-state index is 11.0. The molecule has 4 rings (SSSR count). The second-order valence-electron chi connectivity index (χ2n) is 11.0. The molecule has 2 heteroatoms. The van der Waals surface area contributed by atoms with E-state index in [0.29, 0.717) is 23.2 Å². The molecule has 8 atom stereocenters. The summed E-state index contributed by atoms with van der Waals surface area (Å²) in [6.07, 6.45) is 15.7. The van der Waals surface area contributed by atoms with E-state index in [9.17, 15) is 4.79 Å². The van der Waals surface area contributed by atoms with Crippen LogP contribution >= 0.6 is 0 Å². The van der Waals surface area contributed by atoms with Gasteiger partial charge in [0.15, 0.2) is 0 Å². The molecule has 0 radical (unpaired) electrons. The first-order valence-corrected chi connectivity index (χ1v) is 11.6. The van der Waals surface area contributed by atoms with Crippen molar-refractivity contribution in [1.82, 2.24) is 0 Å². The maximum atomic E-state index is 11.0. The molecule has 0 bridgehead atoms. The molecule has 0 saturated heterocycles. The predicted octanol–water partition coefficient (Wildman–Crippen LogP) is 6.54. The van der Waals surface area contributed by atoms with Crippen LogP contribution in [0.2, 0.25) is 0 Å². The monoisotopic (exact) mass is 360 g/mol. The van der Waals surface area contributed by atoms with Crippen LogP contribution in [0.15, 0.2) is 0 Å². The van der Waals surface area contributed by atoms with Gasteiger partial charge in [0.25, 0.3) is 0 Å². The molecular weight excluding hydrogens is 320 g/mol. The van der Waals surface area contributed by atoms with Crippen LogP contribution in [0.3, 0.4) is 0 Å². The Morgan fingerprint density at radius 3 is 2.50 bits per heavy atom. The first kappa shape index (κ1) is 18.8. The van der Waals surface area contributed by atoms with Gasteiger partial charge in [0, 0.05) is 6.42 Å². The number of fused-ring (bicyclic) bond motifs is 5. The van der Waals surface area contributed by atoms with E-state index in [1.165, 1.54) is 64.2 Å². The molecule has 0 aromatic carbocycles. The lowest BCUT2D eigenvalue weighted by molar-refractivity contribution is -0.137. The van der Waals surface area contributed by atoms with Gasteiger partial charge in [0.05, 0.1) is 0 Å². The fourth-order valence-electron chi connectivity index (χ4n) is 8.82. The van der Waals surface area contributed by atoms with Crippen LogP contribution in [-0.2, 0) is 4.79 Å². The highest BCUT2D eigenvalue weighted by molar-refractivity contribution is 5.66. The smallest absolute Gasteiger partial charge is 0.303 e. The number of hydrogen-bond donors (Lipinski definition) is 1. The molecule has 148 valence electrons. The Kier molecular flexibility index (Phi) is 4.93. The van der Waals surface area contributed by atoms with Crippen LogP contribution in [0.5, 0.6) is 0 Å². The van der Waals surface area contributed by atoms with Crippen molar-refractivity contribution in [2.75, 3.05) is 0 Å². The summed E-state index contributed by atoms with van der Waals surface area (Å²) in [6.45, 7) is 7.60. The molecule has 1 N–H and O–H groups in total. The summed E-state index contributed by atoms with van der Waals surface area (Å²) in [5.41, 5.74) is 1.12. The minimum absolute atomic E-state index is 0.351. The highest BCUT2D eigenvalue weighted by Gasteiger charge is 2.60. The number of rotatable bonds is 4. The van der Waals surface area contributed by atoms with Gasteiger partial charge in [-0.05, 0) is 104 Å². The van der Waals surface area contributed by atoms with Crippen LogP contribution in [-0.4, -0.2) is 11.1 Å². The van der Waals surface area contributed by atoms with Crippen molar-refractivity contribution in [3.8, 4) is 0 Å². The van der Waals surface area contributed by atoms with Crippen LogP contribution in [0.1, 0.15) is 97.8 Å². The van der Waals surface area contributed by atoms with Gasteiger partial charge in [-0.2, -0.15) is 0 Å². The second-order valence-corrected chi connectivity index (χ2v) is 11.0. The summed E-state index contributed by atoms with van der Waals surface area (Å²) >= 11 is 0. The van der Waals surface area contributed by atoms with Crippen molar-refractivity contribution in [2.24, 2.45) is 46.3 Å². The number of carboxylic acids is 1. The van der Waals surface area contributed by atoms with Gasteiger partial charge in [-0.3, -0.25) is 4.79 Å². The van der Waals surface area contributed by atoms with Gasteiger partial charge in [0.1, 0.15) is 0 Å². The molecule has 4 saturated carbocycles. The van der Waals surface area contributed by atoms with Crippen molar-refractivity contribution in [3.05, 3.63) is 0 Å². The lowest BCUT2D eigenvalue weighted by atomic mass is 9.44. The van der Waals surface area contributed by atoms with E-state index in [2.05, 4.69) is 20.8 Å². The predicted molar refractivity (Wildman–Crippen MR) is 106 cm³/mol. The second kappa shape index (κ2) is 6.82. The Balaban J connectivity index is 1.52. The van der Waals surface area contributed by atoms with Crippen LogP contribution in [0, 0.1) is 46.3 Å². The Morgan fingerprint density at radius 1 is 0.962 bits per heavy atom. The van der Waals surface area contributed by atoms with Gasteiger partial charge in [-0.1, -0.05) is 33.6 Å². The summed E-state index contributed by atoms with van der Waals surface area (Å²) in [7, 11) is 0. The molecule has 4 fully saturated rings. The molecule has 4 aliphatic carbocycles. The number of aliphatic carboxylic acids is 1. The largest absolute Gasteiger partial charge is 0.481 e. The number of carbonyl (C=O) groups is 1. The zero-order valence-electron chi connectivity index (χ0n) is 17.3. The molecule has 0 aromatic rings. The molecule has 0 aromatic heterocycles. The zero-order chi connectivity index (χ0) is 18.5. The third kappa shape index (κ3) is 2.85. The van der Waals surface area contributed by atoms with E-state index in [1.807, 2.05) is 0 Å². The Labute approximate surface area is 160 Å². The Morgan fingerprint density at radius 2 is 1.73 bits per heavy atom. The van der Waals surface area contributed by atoms with Gasteiger partial charge in [-0.25, -0.2) is 0 Å². The molecule has 0 spiro atoms. The van der Waals surface area contributed by atoms with E-state index >= 15 is 0 Å². The zero-order valence-corrected chi connectivity index (χ0v) is 17.3. The molecule has 0 unspecified atom stereocenters. The minimum Gasteiger partial charge on any atom is -0.481 e. The van der Waals surface area contributed by atoms with Crippen LogP contribution in [0.4, 0.5) is 0 Å². The van der Waals surface area contributed by atoms with Crippen molar-refractivity contribution < 1.29 is 9.90 Å². The third-order valence-electron chi connectivity index (χ3n) is 10.2. The fourth-order valence-corrected chi connectivity index (χ4v) is 8.82. The average molecular weight is 361 g/mol. The molecule has 26 heavy (non-hydrogen) atoms. The van der Waals surface area contributed by atoms with Crippen molar-refractivity contribution in [1.29, 1.82) is 0 Å². The van der Waals surface area contributed by atoms with Crippen molar-refractivity contribution >= 4 is 5.97 Å². The highest BCUT2D eigenvalue weighted by Crippen LogP contribution is 2.68. The van der Waals surface area contributed by atoms with Gasteiger partial charge in [0.2, 0.25) is 0 Å². The SMILES string of the molecule is C[C@@H](CCC(=O)O)[C@@H]1CC[C@@H]2[C@H]3CC[C@H]4CCCC[C@@]4(C)[C@@H]3CC[C@]21C. The topological polar surface area (TPSA) is 37.3 Å². The Bertz CT molecular complexity index is 542. The number of carboxylic acid groups (broad SMARTS) is 1. The van der Waals surface area contributed by atoms with E-state index in [1.54, 1.807) is 0 Å². The molecule has 4 aliphatic rings. The van der Waals surface area contributed by atoms with Gasteiger partial charge >= 0.3 is 5.97 Å². The first-order valence-electron chi connectivity index (χ1n) is 11.6. The quantitative estimate of drug-likeness (QED) is 0.618.